The molecule has 2 N–H and O–H groups in total. The van der Waals surface area contributed by atoms with Crippen LogP contribution in [0.2, 0.25) is 0 Å². The average molecular weight is 412 g/mol. The SMILES string of the molecule is CCNC(=NCc1cc(OC)ccc1OC(F)F)NCC1CN2CCCC2CO1. The van der Waals surface area contributed by atoms with Gasteiger partial charge in [-0.05, 0) is 44.5 Å². The highest BCUT2D eigenvalue weighted by molar-refractivity contribution is 5.79. The van der Waals surface area contributed by atoms with E-state index < -0.39 is 6.61 Å². The van der Waals surface area contributed by atoms with Crippen LogP contribution in [0.5, 0.6) is 11.5 Å². The van der Waals surface area contributed by atoms with E-state index in [4.69, 9.17) is 9.47 Å². The normalized spacial score (nSPS) is 22.4. The molecule has 1 aromatic rings. The maximum absolute atomic E-state index is 12.7. The van der Waals surface area contributed by atoms with Crippen LogP contribution in [0.25, 0.3) is 0 Å². The van der Waals surface area contributed by atoms with Gasteiger partial charge in [0.05, 0.1) is 26.4 Å². The van der Waals surface area contributed by atoms with Crippen LogP contribution in [0, 0.1) is 0 Å². The molecule has 0 bridgehead atoms. The second kappa shape index (κ2) is 10.6. The topological polar surface area (TPSA) is 67.4 Å². The summed E-state index contributed by atoms with van der Waals surface area (Å²) in [6, 6.07) is 5.27. The van der Waals surface area contributed by atoms with E-state index >= 15 is 0 Å². The summed E-state index contributed by atoms with van der Waals surface area (Å²) in [5.41, 5.74) is 0.524. The number of guanidine groups is 1. The third-order valence-corrected chi connectivity index (χ3v) is 5.19. The number of ether oxygens (including phenoxy) is 3. The predicted octanol–water partition coefficient (Wildman–Crippen LogP) is 2.21. The molecule has 2 aliphatic rings. The summed E-state index contributed by atoms with van der Waals surface area (Å²) in [7, 11) is 1.52. The fourth-order valence-corrected chi connectivity index (χ4v) is 3.74. The van der Waals surface area contributed by atoms with Gasteiger partial charge in [-0.1, -0.05) is 0 Å². The highest BCUT2D eigenvalue weighted by Gasteiger charge is 2.32. The van der Waals surface area contributed by atoms with Gasteiger partial charge in [-0.3, -0.25) is 4.90 Å². The number of fused-ring (bicyclic) bond motifs is 1. The van der Waals surface area contributed by atoms with E-state index in [0.717, 1.165) is 19.7 Å². The number of nitrogens with zero attached hydrogens (tertiary/aromatic N) is 2. The molecule has 2 unspecified atom stereocenters. The van der Waals surface area contributed by atoms with Crippen LogP contribution >= 0.6 is 0 Å². The van der Waals surface area contributed by atoms with E-state index in [9.17, 15) is 8.78 Å². The Morgan fingerprint density at radius 3 is 3.00 bits per heavy atom. The quantitative estimate of drug-likeness (QED) is 0.504. The van der Waals surface area contributed by atoms with Gasteiger partial charge in [-0.2, -0.15) is 8.78 Å². The molecule has 0 aliphatic carbocycles. The van der Waals surface area contributed by atoms with Crippen molar-refractivity contribution in [1.29, 1.82) is 0 Å². The summed E-state index contributed by atoms with van der Waals surface area (Å²) in [5.74, 6) is 1.26. The molecule has 2 heterocycles. The third kappa shape index (κ3) is 6.17. The minimum absolute atomic E-state index is 0.0936. The minimum atomic E-state index is -2.89. The lowest BCUT2D eigenvalue weighted by molar-refractivity contribution is -0.0504. The molecule has 7 nitrogen and oxygen atoms in total. The van der Waals surface area contributed by atoms with Crippen molar-refractivity contribution in [2.45, 2.75) is 45.1 Å². The van der Waals surface area contributed by atoms with Crippen molar-refractivity contribution in [2.75, 3.05) is 39.9 Å². The van der Waals surface area contributed by atoms with E-state index in [1.807, 2.05) is 6.92 Å². The smallest absolute Gasteiger partial charge is 0.387 e. The first-order valence-electron chi connectivity index (χ1n) is 10.1. The number of methoxy groups -OCH3 is 1. The molecule has 162 valence electrons. The maximum atomic E-state index is 12.7. The van der Waals surface area contributed by atoms with Gasteiger partial charge in [0.2, 0.25) is 0 Å². The molecule has 2 aliphatic heterocycles. The lowest BCUT2D eigenvalue weighted by Crippen LogP contribution is -2.51. The number of halogens is 2. The minimum Gasteiger partial charge on any atom is -0.497 e. The fraction of sp³-hybridized carbons (Fsp3) is 0.650. The molecule has 0 radical (unpaired) electrons. The maximum Gasteiger partial charge on any atom is 0.387 e. The van der Waals surface area contributed by atoms with Gasteiger partial charge in [0, 0.05) is 31.2 Å². The van der Waals surface area contributed by atoms with Crippen molar-refractivity contribution in [3.05, 3.63) is 23.8 Å². The van der Waals surface area contributed by atoms with Gasteiger partial charge in [0.15, 0.2) is 5.96 Å². The average Bonchev–Trinajstić information content (AvgIpc) is 3.18. The molecule has 2 fully saturated rings. The molecular weight excluding hydrogens is 382 g/mol. The van der Waals surface area contributed by atoms with Crippen LogP contribution in [0.3, 0.4) is 0 Å². The first-order valence-corrected chi connectivity index (χ1v) is 10.1. The Balaban J connectivity index is 1.61. The summed E-state index contributed by atoms with van der Waals surface area (Å²) in [4.78, 5) is 7.01. The van der Waals surface area contributed by atoms with Crippen molar-refractivity contribution >= 4 is 5.96 Å². The van der Waals surface area contributed by atoms with E-state index in [1.54, 1.807) is 12.1 Å². The Morgan fingerprint density at radius 1 is 1.38 bits per heavy atom. The summed E-state index contributed by atoms with van der Waals surface area (Å²) < 4.78 is 41.1. The van der Waals surface area contributed by atoms with Gasteiger partial charge in [-0.25, -0.2) is 4.99 Å². The lowest BCUT2D eigenvalue weighted by Gasteiger charge is -2.35. The van der Waals surface area contributed by atoms with Crippen LogP contribution in [-0.4, -0.2) is 69.5 Å². The van der Waals surface area contributed by atoms with Crippen molar-refractivity contribution in [3.63, 3.8) is 0 Å². The Kier molecular flexibility index (Phi) is 7.88. The predicted molar refractivity (Wildman–Crippen MR) is 107 cm³/mol. The second-order valence-corrected chi connectivity index (χ2v) is 7.17. The monoisotopic (exact) mass is 412 g/mol. The fourth-order valence-electron chi connectivity index (χ4n) is 3.74. The van der Waals surface area contributed by atoms with E-state index in [0.29, 0.717) is 36.4 Å². The van der Waals surface area contributed by atoms with Gasteiger partial charge >= 0.3 is 6.61 Å². The Hall–Kier alpha value is -2.13. The number of morpholine rings is 1. The molecule has 0 aromatic heterocycles. The van der Waals surface area contributed by atoms with E-state index in [1.165, 1.54) is 26.0 Å². The van der Waals surface area contributed by atoms with Gasteiger partial charge in [-0.15, -0.1) is 0 Å². The number of nitrogens with one attached hydrogen (secondary N) is 2. The molecule has 0 spiro atoms. The van der Waals surface area contributed by atoms with Crippen LogP contribution in [0.1, 0.15) is 25.3 Å². The number of rotatable bonds is 8. The molecular formula is C20H30F2N4O3. The first kappa shape index (κ1) is 21.6. The zero-order valence-electron chi connectivity index (χ0n) is 17.0. The largest absolute Gasteiger partial charge is 0.497 e. The van der Waals surface area contributed by atoms with Gasteiger partial charge < -0.3 is 24.8 Å². The highest BCUT2D eigenvalue weighted by Crippen LogP contribution is 2.26. The van der Waals surface area contributed by atoms with Crippen LogP contribution in [0.15, 0.2) is 23.2 Å². The third-order valence-electron chi connectivity index (χ3n) is 5.19. The van der Waals surface area contributed by atoms with Gasteiger partial charge in [0.1, 0.15) is 11.5 Å². The first-order chi connectivity index (χ1) is 14.1. The molecule has 2 saturated heterocycles. The summed E-state index contributed by atoms with van der Waals surface area (Å²) in [6.07, 6.45) is 2.55. The van der Waals surface area contributed by atoms with Gasteiger partial charge in [0.25, 0.3) is 0 Å². The van der Waals surface area contributed by atoms with Crippen molar-refractivity contribution in [2.24, 2.45) is 4.99 Å². The number of alkyl halides is 2. The molecule has 9 heteroatoms. The second-order valence-electron chi connectivity index (χ2n) is 7.17. The van der Waals surface area contributed by atoms with Crippen LogP contribution in [0.4, 0.5) is 8.78 Å². The summed E-state index contributed by atoms with van der Waals surface area (Å²) in [6.45, 7) is 3.40. The lowest BCUT2D eigenvalue weighted by atomic mass is 10.2. The van der Waals surface area contributed by atoms with E-state index in [2.05, 4.69) is 25.3 Å². The standard InChI is InChI=1S/C20H30F2N4O3/c1-3-23-20(25-11-17-12-26-8-4-5-15(26)13-28-17)24-10-14-9-16(27-2)6-7-18(14)29-19(21)22/h6-7,9,15,17,19H,3-5,8,10-13H2,1-2H3,(H2,23,24,25). The summed E-state index contributed by atoms with van der Waals surface area (Å²) in [5, 5.41) is 6.47. The number of hydrogen-bond acceptors (Lipinski definition) is 5. The molecule has 0 saturated carbocycles. The Bertz CT molecular complexity index is 690. The number of hydrogen-bond donors (Lipinski definition) is 2. The molecule has 0 amide bonds. The summed E-state index contributed by atoms with van der Waals surface area (Å²) >= 11 is 0. The molecule has 2 atom stereocenters. The van der Waals surface area contributed by atoms with Crippen molar-refractivity contribution < 1.29 is 23.0 Å². The molecule has 1 aromatic carbocycles. The Labute approximate surface area is 170 Å². The zero-order chi connectivity index (χ0) is 20.6. The number of benzene rings is 1. The molecule has 3 rings (SSSR count). The molecule has 29 heavy (non-hydrogen) atoms. The zero-order valence-corrected chi connectivity index (χ0v) is 17.0. The van der Waals surface area contributed by atoms with Crippen LogP contribution < -0.4 is 20.1 Å². The van der Waals surface area contributed by atoms with Crippen molar-refractivity contribution in [3.8, 4) is 11.5 Å². The number of aliphatic imine (C=N–C) groups is 1. The Morgan fingerprint density at radius 2 is 2.24 bits per heavy atom. The highest BCUT2D eigenvalue weighted by atomic mass is 19.3. The van der Waals surface area contributed by atoms with E-state index in [-0.39, 0.29) is 18.4 Å². The van der Waals surface area contributed by atoms with Crippen LogP contribution in [-0.2, 0) is 11.3 Å². The van der Waals surface area contributed by atoms with Crippen molar-refractivity contribution in [1.82, 2.24) is 15.5 Å².